The van der Waals surface area contributed by atoms with Crippen LogP contribution >= 0.6 is 0 Å². The van der Waals surface area contributed by atoms with E-state index in [4.69, 9.17) is 9.47 Å². The minimum Gasteiger partial charge on any atom is -0.495 e. The summed E-state index contributed by atoms with van der Waals surface area (Å²) >= 11 is 0. The van der Waals surface area contributed by atoms with Crippen LogP contribution in [-0.4, -0.2) is 30.1 Å². The molecule has 4 aromatic rings. The van der Waals surface area contributed by atoms with Gasteiger partial charge in [0, 0.05) is 18.0 Å². The molecule has 7 heteroatoms. The second-order valence-electron chi connectivity index (χ2n) is 11.5. The zero-order valence-corrected chi connectivity index (χ0v) is 26.4. The molecule has 0 aliphatic heterocycles. The van der Waals surface area contributed by atoms with Crippen LogP contribution in [0.25, 0.3) is 21.9 Å². The van der Waals surface area contributed by atoms with Crippen LogP contribution in [0.3, 0.4) is 0 Å². The van der Waals surface area contributed by atoms with E-state index in [1.807, 2.05) is 90.9 Å². The second-order valence-corrected chi connectivity index (χ2v) is 11.5. The van der Waals surface area contributed by atoms with Crippen LogP contribution in [0.15, 0.2) is 72.9 Å². The number of pyridine rings is 1. The monoisotopic (exact) mass is 579 g/mol. The first-order valence-corrected chi connectivity index (χ1v) is 14.6. The maximum atomic E-state index is 13.7. The summed E-state index contributed by atoms with van der Waals surface area (Å²) in [6, 6.07) is 22.7. The first kappa shape index (κ1) is 32.8. The second kappa shape index (κ2) is 14.5. The van der Waals surface area contributed by atoms with Gasteiger partial charge in [0.1, 0.15) is 17.6 Å². The molecule has 1 aromatic heterocycles. The van der Waals surface area contributed by atoms with E-state index < -0.39 is 0 Å². The number of ether oxygens (including phenoxy) is 2. The molecule has 0 saturated heterocycles. The number of methoxy groups -OCH3 is 1. The van der Waals surface area contributed by atoms with Gasteiger partial charge in [0.15, 0.2) is 0 Å². The lowest BCUT2D eigenvalue weighted by Gasteiger charge is -2.27. The van der Waals surface area contributed by atoms with E-state index in [1.54, 1.807) is 42.5 Å². The number of aromatic nitrogens is 1. The molecule has 0 radical (unpaired) electrons. The van der Waals surface area contributed by atoms with Gasteiger partial charge in [0.05, 0.1) is 30.9 Å². The smallest absolute Gasteiger partial charge is 0.338 e. The van der Waals surface area contributed by atoms with Crippen LogP contribution in [0.2, 0.25) is 0 Å². The molecule has 7 nitrogen and oxygen atoms in total. The fraction of sp³-hybridized carbons (Fsp3) is 0.333. The van der Waals surface area contributed by atoms with Crippen molar-refractivity contribution in [3.8, 4) is 22.9 Å². The molecule has 4 rings (SSSR count). The molecule has 0 saturated carbocycles. The number of carbonyl (C=O) groups excluding carboxylic acids is 2. The summed E-state index contributed by atoms with van der Waals surface area (Å²) in [5.74, 6) is 0.643. The van der Waals surface area contributed by atoms with Gasteiger partial charge in [-0.25, -0.2) is 9.78 Å². The molecule has 0 bridgehead atoms. The number of anilines is 1. The summed E-state index contributed by atoms with van der Waals surface area (Å²) < 4.78 is 10.6. The molecule has 0 atom stereocenters. The van der Waals surface area contributed by atoms with Gasteiger partial charge in [0.2, 0.25) is 5.91 Å². The number of carbonyl (C=O) groups is 2. The molecule has 0 aliphatic carbocycles. The van der Waals surface area contributed by atoms with Crippen LogP contribution in [0.4, 0.5) is 5.82 Å². The van der Waals surface area contributed by atoms with E-state index in [-0.39, 0.29) is 23.4 Å². The van der Waals surface area contributed by atoms with Gasteiger partial charge in [-0.3, -0.25) is 9.69 Å². The highest BCUT2D eigenvalue weighted by molar-refractivity contribution is 6.04. The quantitative estimate of drug-likeness (QED) is 0.195. The van der Waals surface area contributed by atoms with Crippen LogP contribution in [0.5, 0.6) is 5.75 Å². The number of esters is 1. The zero-order valence-electron chi connectivity index (χ0n) is 26.4. The topological polar surface area (TPSA) is 92.5 Å². The summed E-state index contributed by atoms with van der Waals surface area (Å²) in [6.45, 7) is 14.0. The molecule has 43 heavy (non-hydrogen) atoms. The number of nitrogens with zero attached hydrogens (tertiary/aromatic N) is 3. The SMILES string of the molecule is CC.COc1ccc(-c2ccc(CN(C(=O)CC(C)(C)C)c3nccc4cc(C(=O)OC(C)C)ccc34)cc2)cc1C#N. The number of nitriles is 1. The molecular weight excluding hydrogens is 538 g/mol. The molecular formula is C36H41N3O4. The molecule has 224 valence electrons. The van der Waals surface area contributed by atoms with Crippen LogP contribution < -0.4 is 9.64 Å². The number of fused-ring (bicyclic) bond motifs is 1. The van der Waals surface area contributed by atoms with E-state index in [2.05, 4.69) is 11.1 Å². The lowest BCUT2D eigenvalue weighted by molar-refractivity contribution is -0.120. The van der Waals surface area contributed by atoms with Gasteiger partial charge in [0.25, 0.3) is 0 Å². The summed E-state index contributed by atoms with van der Waals surface area (Å²) in [4.78, 5) is 32.5. The van der Waals surface area contributed by atoms with Gasteiger partial charge in [-0.15, -0.1) is 0 Å². The lowest BCUT2D eigenvalue weighted by Crippen LogP contribution is -2.34. The lowest BCUT2D eigenvalue weighted by atomic mass is 9.91. The minimum atomic E-state index is -0.389. The average molecular weight is 580 g/mol. The Kier molecular flexibility index (Phi) is 11.0. The summed E-state index contributed by atoms with van der Waals surface area (Å²) in [5, 5.41) is 11.0. The summed E-state index contributed by atoms with van der Waals surface area (Å²) in [7, 11) is 1.54. The van der Waals surface area contributed by atoms with Crippen molar-refractivity contribution in [2.45, 2.75) is 67.5 Å². The Hall–Kier alpha value is -4.70. The third kappa shape index (κ3) is 8.42. The van der Waals surface area contributed by atoms with E-state index in [9.17, 15) is 14.9 Å². The van der Waals surface area contributed by atoms with Gasteiger partial charge in [-0.1, -0.05) is 65.0 Å². The Bertz CT molecular complexity index is 1610. The maximum Gasteiger partial charge on any atom is 0.338 e. The first-order valence-electron chi connectivity index (χ1n) is 14.6. The maximum absolute atomic E-state index is 13.7. The predicted octanol–water partition coefficient (Wildman–Crippen LogP) is 8.34. The number of benzene rings is 3. The van der Waals surface area contributed by atoms with Crippen LogP contribution in [0.1, 0.15) is 76.4 Å². The van der Waals surface area contributed by atoms with Crippen molar-refractivity contribution in [3.63, 3.8) is 0 Å². The van der Waals surface area contributed by atoms with Gasteiger partial charge in [-0.2, -0.15) is 5.26 Å². The minimum absolute atomic E-state index is 0.0429. The first-order chi connectivity index (χ1) is 20.5. The van der Waals surface area contributed by atoms with Gasteiger partial charge < -0.3 is 9.47 Å². The summed E-state index contributed by atoms with van der Waals surface area (Å²) in [6.07, 6.45) is 1.78. The fourth-order valence-electron chi connectivity index (χ4n) is 4.58. The molecule has 3 aromatic carbocycles. The predicted molar refractivity (Wildman–Crippen MR) is 172 cm³/mol. The molecule has 0 fully saturated rings. The number of hydrogen-bond acceptors (Lipinski definition) is 6. The highest BCUT2D eigenvalue weighted by Gasteiger charge is 2.25. The normalized spacial score (nSPS) is 10.9. The number of rotatable bonds is 8. The third-order valence-corrected chi connectivity index (χ3v) is 6.51. The van der Waals surface area contributed by atoms with Crippen LogP contribution in [-0.2, 0) is 16.1 Å². The van der Waals surface area contributed by atoms with E-state index in [0.717, 1.165) is 27.5 Å². The molecule has 0 aliphatic rings. The molecule has 0 N–H and O–H groups in total. The average Bonchev–Trinajstić information content (AvgIpc) is 2.99. The van der Waals surface area contributed by atoms with Crippen molar-refractivity contribution < 1.29 is 19.1 Å². The van der Waals surface area contributed by atoms with Crippen LogP contribution in [0, 0.1) is 16.7 Å². The van der Waals surface area contributed by atoms with Gasteiger partial charge >= 0.3 is 5.97 Å². The standard InChI is InChI=1S/C34H35N3O4.C2H6/c1-22(2)41-33(39)27-11-13-29-26(18-27)15-16-36-32(29)37(31(38)19-34(3,4)5)21-23-7-9-24(10-8-23)25-12-14-30(40-6)28(17-25)20-35;1-2/h7-18,22H,19,21H2,1-6H3;1-2H3. The Morgan fingerprint density at radius 1 is 0.953 bits per heavy atom. The summed E-state index contributed by atoms with van der Waals surface area (Å²) in [5.41, 5.74) is 3.48. The Morgan fingerprint density at radius 2 is 1.63 bits per heavy atom. The largest absolute Gasteiger partial charge is 0.495 e. The van der Waals surface area contributed by atoms with Crippen molar-refractivity contribution in [3.05, 3.63) is 89.6 Å². The highest BCUT2D eigenvalue weighted by atomic mass is 16.5. The molecule has 1 amide bonds. The molecule has 0 spiro atoms. The molecule has 0 unspecified atom stereocenters. The van der Waals surface area contributed by atoms with Crippen molar-refractivity contribution in [1.29, 1.82) is 5.26 Å². The number of amides is 1. The Labute approximate surface area is 255 Å². The van der Waals surface area contributed by atoms with E-state index >= 15 is 0 Å². The van der Waals surface area contributed by atoms with Gasteiger partial charge in [-0.05, 0) is 77.7 Å². The van der Waals surface area contributed by atoms with E-state index in [0.29, 0.717) is 35.7 Å². The fourth-order valence-corrected chi connectivity index (χ4v) is 4.58. The van der Waals surface area contributed by atoms with Crippen molar-refractivity contribution in [1.82, 2.24) is 4.98 Å². The van der Waals surface area contributed by atoms with Crippen molar-refractivity contribution in [2.24, 2.45) is 5.41 Å². The Morgan fingerprint density at radius 3 is 2.23 bits per heavy atom. The highest BCUT2D eigenvalue weighted by Crippen LogP contribution is 2.31. The number of hydrogen-bond donors (Lipinski definition) is 0. The Balaban J connectivity index is 0.00000248. The zero-order chi connectivity index (χ0) is 31.7. The molecule has 1 heterocycles. The van der Waals surface area contributed by atoms with Crippen molar-refractivity contribution in [2.75, 3.05) is 12.0 Å². The van der Waals surface area contributed by atoms with E-state index in [1.165, 1.54) is 0 Å². The van der Waals surface area contributed by atoms with Crippen molar-refractivity contribution >= 4 is 28.5 Å². The third-order valence-electron chi connectivity index (χ3n) is 6.51.